The lowest BCUT2D eigenvalue weighted by Crippen LogP contribution is -2.07. The van der Waals surface area contributed by atoms with Gasteiger partial charge in [-0.25, -0.2) is 4.79 Å². The topological polar surface area (TPSA) is 49.3 Å². The van der Waals surface area contributed by atoms with Crippen LogP contribution in [0.2, 0.25) is 5.02 Å². The van der Waals surface area contributed by atoms with E-state index in [1.807, 2.05) is 31.2 Å². The van der Waals surface area contributed by atoms with Gasteiger partial charge in [0.25, 0.3) is 0 Å². The van der Waals surface area contributed by atoms with Crippen LogP contribution in [-0.4, -0.2) is 11.1 Å². The van der Waals surface area contributed by atoms with Crippen LogP contribution in [0.3, 0.4) is 0 Å². The summed E-state index contributed by atoms with van der Waals surface area (Å²) in [5, 5.41) is 12.9. The van der Waals surface area contributed by atoms with E-state index in [-0.39, 0.29) is 0 Å². The zero-order chi connectivity index (χ0) is 13.8. The number of carboxylic acids is 1. The molecule has 0 saturated carbocycles. The van der Waals surface area contributed by atoms with Crippen LogP contribution in [-0.2, 0) is 6.54 Å². The Morgan fingerprint density at radius 2 is 2.00 bits per heavy atom. The third-order valence-electron chi connectivity index (χ3n) is 2.84. The van der Waals surface area contributed by atoms with E-state index in [2.05, 4.69) is 5.32 Å². The minimum atomic E-state index is -0.924. The van der Waals surface area contributed by atoms with Crippen molar-refractivity contribution < 1.29 is 9.90 Å². The lowest BCUT2D eigenvalue weighted by Gasteiger charge is -2.11. The summed E-state index contributed by atoms with van der Waals surface area (Å²) >= 11 is 6.12. The van der Waals surface area contributed by atoms with E-state index >= 15 is 0 Å². The molecule has 2 aromatic carbocycles. The SMILES string of the molecule is Cc1ccc(NCc2ccccc2C(=O)O)c(Cl)c1. The molecule has 0 aliphatic heterocycles. The molecule has 2 N–H and O–H groups in total. The van der Waals surface area contributed by atoms with Gasteiger partial charge in [0, 0.05) is 6.54 Å². The second kappa shape index (κ2) is 5.76. The van der Waals surface area contributed by atoms with Crippen molar-refractivity contribution in [2.45, 2.75) is 13.5 Å². The number of rotatable bonds is 4. The predicted molar refractivity (Wildman–Crippen MR) is 76.9 cm³/mol. The zero-order valence-corrected chi connectivity index (χ0v) is 11.2. The van der Waals surface area contributed by atoms with Gasteiger partial charge in [-0.05, 0) is 36.2 Å². The Morgan fingerprint density at radius 1 is 1.26 bits per heavy atom. The highest BCUT2D eigenvalue weighted by atomic mass is 35.5. The van der Waals surface area contributed by atoms with Crippen LogP contribution >= 0.6 is 11.6 Å². The Hall–Kier alpha value is -2.00. The van der Waals surface area contributed by atoms with Gasteiger partial charge in [-0.15, -0.1) is 0 Å². The van der Waals surface area contributed by atoms with Crippen molar-refractivity contribution in [1.82, 2.24) is 0 Å². The van der Waals surface area contributed by atoms with Crippen LogP contribution in [0, 0.1) is 6.92 Å². The minimum absolute atomic E-state index is 0.304. The second-order valence-electron chi connectivity index (χ2n) is 4.30. The fraction of sp³-hybridized carbons (Fsp3) is 0.133. The van der Waals surface area contributed by atoms with E-state index < -0.39 is 5.97 Å². The summed E-state index contributed by atoms with van der Waals surface area (Å²) in [5.41, 5.74) is 2.92. The summed E-state index contributed by atoms with van der Waals surface area (Å²) in [6, 6.07) is 12.6. The highest BCUT2D eigenvalue weighted by Gasteiger charge is 2.09. The second-order valence-corrected chi connectivity index (χ2v) is 4.71. The van der Waals surface area contributed by atoms with E-state index in [1.165, 1.54) is 0 Å². The minimum Gasteiger partial charge on any atom is -0.478 e. The first-order chi connectivity index (χ1) is 9.08. The number of hydrogen-bond acceptors (Lipinski definition) is 2. The fourth-order valence-electron chi connectivity index (χ4n) is 1.84. The smallest absolute Gasteiger partial charge is 0.336 e. The third kappa shape index (κ3) is 3.26. The van der Waals surface area contributed by atoms with Crippen LogP contribution < -0.4 is 5.32 Å². The van der Waals surface area contributed by atoms with Crippen molar-refractivity contribution >= 4 is 23.3 Å². The first-order valence-electron chi connectivity index (χ1n) is 5.89. The number of anilines is 1. The normalized spacial score (nSPS) is 10.2. The summed E-state index contributed by atoms with van der Waals surface area (Å²) in [4.78, 5) is 11.1. The Bertz CT molecular complexity index is 611. The van der Waals surface area contributed by atoms with E-state index in [9.17, 15) is 4.79 Å². The van der Waals surface area contributed by atoms with Crippen molar-refractivity contribution in [2.24, 2.45) is 0 Å². The lowest BCUT2D eigenvalue weighted by atomic mass is 10.1. The molecule has 0 aromatic heterocycles. The molecule has 4 heteroatoms. The maximum Gasteiger partial charge on any atom is 0.336 e. The van der Waals surface area contributed by atoms with Gasteiger partial charge in [0.05, 0.1) is 16.3 Å². The van der Waals surface area contributed by atoms with E-state index in [4.69, 9.17) is 16.7 Å². The Balaban J connectivity index is 2.17. The van der Waals surface area contributed by atoms with Gasteiger partial charge in [0.2, 0.25) is 0 Å². The van der Waals surface area contributed by atoms with Gasteiger partial charge in [-0.2, -0.15) is 0 Å². The molecule has 98 valence electrons. The number of aromatic carboxylic acids is 1. The van der Waals surface area contributed by atoms with Gasteiger partial charge in [0.15, 0.2) is 0 Å². The van der Waals surface area contributed by atoms with Crippen LogP contribution in [0.15, 0.2) is 42.5 Å². The number of aryl methyl sites for hydroxylation is 1. The lowest BCUT2D eigenvalue weighted by molar-refractivity contribution is 0.0696. The summed E-state index contributed by atoms with van der Waals surface area (Å²) < 4.78 is 0. The molecule has 0 amide bonds. The molecule has 0 spiro atoms. The van der Waals surface area contributed by atoms with Crippen molar-refractivity contribution in [2.75, 3.05) is 5.32 Å². The van der Waals surface area contributed by atoms with Gasteiger partial charge in [-0.3, -0.25) is 0 Å². The fourth-order valence-corrected chi connectivity index (χ4v) is 2.14. The number of nitrogens with one attached hydrogen (secondary N) is 1. The van der Waals surface area contributed by atoms with E-state index in [0.29, 0.717) is 17.1 Å². The van der Waals surface area contributed by atoms with Crippen LogP contribution in [0.25, 0.3) is 0 Å². The highest BCUT2D eigenvalue weighted by Crippen LogP contribution is 2.23. The first kappa shape index (κ1) is 13.4. The first-order valence-corrected chi connectivity index (χ1v) is 6.27. The van der Waals surface area contributed by atoms with Crippen LogP contribution in [0.4, 0.5) is 5.69 Å². The molecular weight excluding hydrogens is 262 g/mol. The number of carboxylic acid groups (broad SMARTS) is 1. The maximum absolute atomic E-state index is 11.1. The molecule has 0 atom stereocenters. The monoisotopic (exact) mass is 275 g/mol. The number of benzene rings is 2. The Labute approximate surface area is 116 Å². The number of carbonyl (C=O) groups is 1. The van der Waals surface area contributed by atoms with Crippen molar-refractivity contribution in [3.63, 3.8) is 0 Å². The van der Waals surface area contributed by atoms with Crippen molar-refractivity contribution in [3.05, 3.63) is 64.2 Å². The molecule has 3 nitrogen and oxygen atoms in total. The molecular formula is C15H14ClNO2. The summed E-state index contributed by atoms with van der Waals surface area (Å²) in [5.74, 6) is -0.924. The van der Waals surface area contributed by atoms with E-state index in [1.54, 1.807) is 18.2 Å². The molecule has 0 unspecified atom stereocenters. The quantitative estimate of drug-likeness (QED) is 0.888. The number of halogens is 1. The molecule has 0 bridgehead atoms. The molecule has 2 rings (SSSR count). The number of hydrogen-bond donors (Lipinski definition) is 2. The van der Waals surface area contributed by atoms with Crippen LogP contribution in [0.5, 0.6) is 0 Å². The molecule has 0 heterocycles. The Morgan fingerprint density at radius 3 is 2.68 bits per heavy atom. The molecule has 0 saturated heterocycles. The molecule has 2 aromatic rings. The van der Waals surface area contributed by atoms with Crippen molar-refractivity contribution in [1.29, 1.82) is 0 Å². The van der Waals surface area contributed by atoms with Crippen molar-refractivity contribution in [3.8, 4) is 0 Å². The third-order valence-corrected chi connectivity index (χ3v) is 3.15. The van der Waals surface area contributed by atoms with E-state index in [0.717, 1.165) is 16.8 Å². The molecule has 19 heavy (non-hydrogen) atoms. The average molecular weight is 276 g/mol. The summed E-state index contributed by atoms with van der Waals surface area (Å²) in [6.07, 6.45) is 0. The maximum atomic E-state index is 11.1. The summed E-state index contributed by atoms with van der Waals surface area (Å²) in [6.45, 7) is 2.39. The van der Waals surface area contributed by atoms with Crippen LogP contribution in [0.1, 0.15) is 21.5 Å². The predicted octanol–water partition coefficient (Wildman–Crippen LogP) is 3.96. The zero-order valence-electron chi connectivity index (χ0n) is 10.5. The van der Waals surface area contributed by atoms with Gasteiger partial charge in [-0.1, -0.05) is 35.9 Å². The van der Waals surface area contributed by atoms with Gasteiger partial charge >= 0.3 is 5.97 Å². The van der Waals surface area contributed by atoms with Gasteiger partial charge < -0.3 is 10.4 Å². The average Bonchev–Trinajstić information content (AvgIpc) is 2.38. The standard InChI is InChI=1S/C15H14ClNO2/c1-10-6-7-14(13(16)8-10)17-9-11-4-2-3-5-12(11)15(18)19/h2-8,17H,9H2,1H3,(H,18,19). The molecule has 0 aliphatic carbocycles. The Kier molecular flexibility index (Phi) is 4.07. The molecule has 0 fully saturated rings. The molecule has 0 aliphatic rings. The van der Waals surface area contributed by atoms with Gasteiger partial charge in [0.1, 0.15) is 0 Å². The molecule has 0 radical (unpaired) electrons. The highest BCUT2D eigenvalue weighted by molar-refractivity contribution is 6.33. The summed E-state index contributed by atoms with van der Waals surface area (Å²) in [7, 11) is 0. The largest absolute Gasteiger partial charge is 0.478 e.